The van der Waals surface area contributed by atoms with Gasteiger partial charge < -0.3 is 15.0 Å². The number of ether oxygens (including phenoxy) is 1. The van der Waals surface area contributed by atoms with Gasteiger partial charge in [0.15, 0.2) is 0 Å². The first kappa shape index (κ1) is 14.5. The van der Waals surface area contributed by atoms with Gasteiger partial charge in [-0.3, -0.25) is 4.79 Å². The molecule has 4 heteroatoms. The summed E-state index contributed by atoms with van der Waals surface area (Å²) in [7, 11) is 3.58. The third kappa shape index (κ3) is 6.64. The predicted octanol–water partition coefficient (Wildman–Crippen LogP) is 1.40. The number of nitrogens with zero attached hydrogens (tertiary/aromatic N) is 1. The molecule has 0 aromatic rings. The Labute approximate surface area is 105 Å². The van der Waals surface area contributed by atoms with Gasteiger partial charge in [0, 0.05) is 39.8 Å². The second-order valence-corrected chi connectivity index (χ2v) is 4.94. The molecular formula is C13H26N2O2. The SMILES string of the molecule is CN(C)C(=O)CCCOCCC1CCCCN1. The fourth-order valence-corrected chi connectivity index (χ4v) is 2.05. The summed E-state index contributed by atoms with van der Waals surface area (Å²) in [4.78, 5) is 12.9. The highest BCUT2D eigenvalue weighted by Crippen LogP contribution is 2.09. The van der Waals surface area contributed by atoms with E-state index in [2.05, 4.69) is 5.32 Å². The van der Waals surface area contributed by atoms with E-state index in [-0.39, 0.29) is 5.91 Å². The molecule has 4 nitrogen and oxygen atoms in total. The zero-order chi connectivity index (χ0) is 12.5. The van der Waals surface area contributed by atoms with Crippen LogP contribution in [0, 0.1) is 0 Å². The number of carbonyl (C=O) groups is 1. The van der Waals surface area contributed by atoms with Crippen molar-refractivity contribution in [2.45, 2.75) is 44.6 Å². The minimum Gasteiger partial charge on any atom is -0.381 e. The lowest BCUT2D eigenvalue weighted by Crippen LogP contribution is -2.34. The Hall–Kier alpha value is -0.610. The molecule has 1 atom stereocenters. The van der Waals surface area contributed by atoms with Gasteiger partial charge in [0.1, 0.15) is 0 Å². The van der Waals surface area contributed by atoms with Crippen molar-refractivity contribution in [1.29, 1.82) is 0 Å². The highest BCUT2D eigenvalue weighted by Gasteiger charge is 2.11. The summed E-state index contributed by atoms with van der Waals surface area (Å²) in [5.41, 5.74) is 0. The van der Waals surface area contributed by atoms with Gasteiger partial charge in [-0.05, 0) is 32.2 Å². The minimum absolute atomic E-state index is 0.183. The maximum atomic E-state index is 11.3. The molecule has 0 saturated carbocycles. The van der Waals surface area contributed by atoms with Crippen molar-refractivity contribution >= 4 is 5.91 Å². The molecule has 1 N–H and O–H groups in total. The highest BCUT2D eigenvalue weighted by atomic mass is 16.5. The Kier molecular flexibility index (Phi) is 7.21. The lowest BCUT2D eigenvalue weighted by molar-refractivity contribution is -0.129. The van der Waals surface area contributed by atoms with Gasteiger partial charge in [-0.2, -0.15) is 0 Å². The normalized spacial score (nSPS) is 20.2. The predicted molar refractivity (Wildman–Crippen MR) is 69.0 cm³/mol. The third-order valence-corrected chi connectivity index (χ3v) is 3.20. The van der Waals surface area contributed by atoms with E-state index >= 15 is 0 Å². The summed E-state index contributed by atoms with van der Waals surface area (Å²) in [5, 5.41) is 3.50. The van der Waals surface area contributed by atoms with E-state index in [9.17, 15) is 4.79 Å². The van der Waals surface area contributed by atoms with Crippen LogP contribution in [0.5, 0.6) is 0 Å². The molecule has 1 rings (SSSR count). The summed E-state index contributed by atoms with van der Waals surface area (Å²) in [6.45, 7) is 2.67. The van der Waals surface area contributed by atoms with Gasteiger partial charge in [0.25, 0.3) is 0 Å². The van der Waals surface area contributed by atoms with Gasteiger partial charge in [0.2, 0.25) is 5.91 Å². The molecule has 0 aromatic heterocycles. The maximum Gasteiger partial charge on any atom is 0.222 e. The third-order valence-electron chi connectivity index (χ3n) is 3.20. The van der Waals surface area contributed by atoms with Crippen LogP contribution in [0.15, 0.2) is 0 Å². The lowest BCUT2D eigenvalue weighted by atomic mass is 10.0. The van der Waals surface area contributed by atoms with E-state index < -0.39 is 0 Å². The molecule has 0 bridgehead atoms. The monoisotopic (exact) mass is 242 g/mol. The number of piperidine rings is 1. The van der Waals surface area contributed by atoms with Crippen molar-refractivity contribution in [2.24, 2.45) is 0 Å². The molecule has 0 aromatic carbocycles. The summed E-state index contributed by atoms with van der Waals surface area (Å²) in [6.07, 6.45) is 6.45. The van der Waals surface area contributed by atoms with Crippen LogP contribution in [-0.4, -0.2) is 50.7 Å². The lowest BCUT2D eigenvalue weighted by Gasteiger charge is -2.23. The first-order valence-electron chi connectivity index (χ1n) is 6.71. The number of hydrogen-bond donors (Lipinski definition) is 1. The largest absolute Gasteiger partial charge is 0.381 e. The Balaban J connectivity index is 1.88. The van der Waals surface area contributed by atoms with Gasteiger partial charge >= 0.3 is 0 Å². The standard InChI is InChI=1S/C13H26N2O2/c1-15(2)13(16)7-5-10-17-11-8-12-6-3-4-9-14-12/h12,14H,3-11H2,1-2H3. The van der Waals surface area contributed by atoms with E-state index in [0.717, 1.165) is 26.0 Å². The molecule has 17 heavy (non-hydrogen) atoms. The second kappa shape index (κ2) is 8.48. The Morgan fingerprint density at radius 1 is 1.35 bits per heavy atom. The average molecular weight is 242 g/mol. The summed E-state index contributed by atoms with van der Waals surface area (Å²) < 4.78 is 5.56. The van der Waals surface area contributed by atoms with Crippen molar-refractivity contribution in [3.05, 3.63) is 0 Å². The fraction of sp³-hybridized carbons (Fsp3) is 0.923. The summed E-state index contributed by atoms with van der Waals surface area (Å²) in [5.74, 6) is 0.183. The molecular weight excluding hydrogens is 216 g/mol. The molecule has 1 unspecified atom stereocenters. The molecule has 1 aliphatic rings. The Morgan fingerprint density at radius 3 is 2.82 bits per heavy atom. The quantitative estimate of drug-likeness (QED) is 0.686. The van der Waals surface area contributed by atoms with Crippen molar-refractivity contribution in [3.8, 4) is 0 Å². The molecule has 1 aliphatic heterocycles. The van der Waals surface area contributed by atoms with Crippen LogP contribution in [0.4, 0.5) is 0 Å². The van der Waals surface area contributed by atoms with Crippen LogP contribution in [0.2, 0.25) is 0 Å². The van der Waals surface area contributed by atoms with Crippen molar-refractivity contribution < 1.29 is 9.53 Å². The van der Waals surface area contributed by atoms with E-state index in [1.54, 1.807) is 19.0 Å². The van der Waals surface area contributed by atoms with Crippen LogP contribution in [-0.2, 0) is 9.53 Å². The number of carbonyl (C=O) groups excluding carboxylic acids is 1. The van der Waals surface area contributed by atoms with Crippen LogP contribution in [0.1, 0.15) is 38.5 Å². The van der Waals surface area contributed by atoms with Gasteiger partial charge in [-0.1, -0.05) is 6.42 Å². The van der Waals surface area contributed by atoms with Crippen LogP contribution in [0.25, 0.3) is 0 Å². The molecule has 100 valence electrons. The van der Waals surface area contributed by atoms with Crippen LogP contribution in [0.3, 0.4) is 0 Å². The van der Waals surface area contributed by atoms with Gasteiger partial charge in [-0.15, -0.1) is 0 Å². The minimum atomic E-state index is 0.183. The zero-order valence-electron chi connectivity index (χ0n) is 11.2. The van der Waals surface area contributed by atoms with Crippen LogP contribution >= 0.6 is 0 Å². The van der Waals surface area contributed by atoms with E-state index in [4.69, 9.17) is 4.74 Å². The fourth-order valence-electron chi connectivity index (χ4n) is 2.05. The molecule has 1 fully saturated rings. The number of hydrogen-bond acceptors (Lipinski definition) is 3. The molecule has 1 saturated heterocycles. The first-order chi connectivity index (χ1) is 8.20. The number of amides is 1. The van der Waals surface area contributed by atoms with Crippen molar-refractivity contribution in [1.82, 2.24) is 10.2 Å². The molecule has 1 heterocycles. The first-order valence-corrected chi connectivity index (χ1v) is 6.71. The molecule has 0 spiro atoms. The number of nitrogens with one attached hydrogen (secondary N) is 1. The highest BCUT2D eigenvalue weighted by molar-refractivity contribution is 5.75. The topological polar surface area (TPSA) is 41.6 Å². The van der Waals surface area contributed by atoms with Gasteiger partial charge in [0.05, 0.1) is 0 Å². The second-order valence-electron chi connectivity index (χ2n) is 4.94. The van der Waals surface area contributed by atoms with E-state index in [1.165, 1.54) is 19.3 Å². The van der Waals surface area contributed by atoms with Crippen molar-refractivity contribution in [2.75, 3.05) is 33.9 Å². The summed E-state index contributed by atoms with van der Waals surface area (Å²) >= 11 is 0. The molecule has 1 amide bonds. The van der Waals surface area contributed by atoms with E-state index in [1.807, 2.05) is 0 Å². The van der Waals surface area contributed by atoms with E-state index in [0.29, 0.717) is 19.1 Å². The zero-order valence-corrected chi connectivity index (χ0v) is 11.2. The Bertz CT molecular complexity index is 213. The van der Waals surface area contributed by atoms with Crippen molar-refractivity contribution in [3.63, 3.8) is 0 Å². The van der Waals surface area contributed by atoms with Crippen LogP contribution < -0.4 is 5.32 Å². The maximum absolute atomic E-state index is 11.3. The summed E-state index contributed by atoms with van der Waals surface area (Å²) in [6, 6.07) is 0.646. The number of rotatable bonds is 7. The van der Waals surface area contributed by atoms with Gasteiger partial charge in [-0.25, -0.2) is 0 Å². The molecule has 0 aliphatic carbocycles. The molecule has 0 radical (unpaired) electrons. The smallest absolute Gasteiger partial charge is 0.222 e. The average Bonchev–Trinajstić information content (AvgIpc) is 2.34. The Morgan fingerprint density at radius 2 is 2.18 bits per heavy atom.